The number of halogens is 1. The number of amides is 2. The van der Waals surface area contributed by atoms with Crippen LogP contribution in [0.3, 0.4) is 0 Å². The van der Waals surface area contributed by atoms with Crippen LogP contribution in [0.4, 0.5) is 11.4 Å². The zero-order valence-corrected chi connectivity index (χ0v) is 24.6. The minimum atomic E-state index is -0.0630. The number of aromatic amines is 1. The quantitative estimate of drug-likeness (QED) is 0.174. The standard InChI is InChI=1S/C33H30ClN5O2S/c34-26-12-10-25(11-13-26)32(41)38-20-18-37(19-21-38)28-16-14-27(15-17-28)35-31(40)23-42-33-36-29-8-4-5-9-30(29)39(33)22-24-6-2-1-3-7-24/h1-17H,18-23H2,(H,35,40)/p+1. The average Bonchev–Trinajstić information content (AvgIpc) is 3.38. The molecular weight excluding hydrogens is 566 g/mol. The molecule has 2 amide bonds. The lowest BCUT2D eigenvalue weighted by Gasteiger charge is -2.36. The SMILES string of the molecule is O=C(CSc1[nH]c2ccccc2[n+]1Cc1ccccc1)Nc1ccc(N2CCN(C(=O)c3ccc(Cl)cc3)CC2)cc1. The summed E-state index contributed by atoms with van der Waals surface area (Å²) in [5.74, 6) is 0.250. The summed E-state index contributed by atoms with van der Waals surface area (Å²) in [7, 11) is 0. The molecule has 1 aliphatic rings. The molecule has 0 radical (unpaired) electrons. The lowest BCUT2D eigenvalue weighted by atomic mass is 10.1. The van der Waals surface area contributed by atoms with Gasteiger partial charge in [-0.1, -0.05) is 54.1 Å². The predicted molar refractivity (Wildman–Crippen MR) is 169 cm³/mol. The molecule has 0 unspecified atom stereocenters. The van der Waals surface area contributed by atoms with Crippen molar-refractivity contribution in [2.45, 2.75) is 11.7 Å². The molecule has 1 fully saturated rings. The molecule has 6 rings (SSSR count). The van der Waals surface area contributed by atoms with Gasteiger partial charge in [0.25, 0.3) is 5.91 Å². The molecule has 5 aromatic rings. The average molecular weight is 597 g/mol. The molecule has 9 heteroatoms. The third-order valence-electron chi connectivity index (χ3n) is 7.38. The number of aromatic nitrogens is 2. The number of rotatable bonds is 8. The fourth-order valence-corrected chi connectivity index (χ4v) is 6.14. The van der Waals surface area contributed by atoms with E-state index in [1.54, 1.807) is 24.3 Å². The normalized spacial score (nSPS) is 13.4. The van der Waals surface area contributed by atoms with E-state index in [9.17, 15) is 9.59 Å². The molecule has 7 nitrogen and oxygen atoms in total. The van der Waals surface area contributed by atoms with Crippen molar-refractivity contribution in [3.8, 4) is 0 Å². The van der Waals surface area contributed by atoms with Gasteiger partial charge < -0.3 is 15.1 Å². The van der Waals surface area contributed by atoms with Gasteiger partial charge in [-0.3, -0.25) is 9.59 Å². The summed E-state index contributed by atoms with van der Waals surface area (Å²) in [6.07, 6.45) is 0. The van der Waals surface area contributed by atoms with E-state index in [-0.39, 0.29) is 17.6 Å². The Labute approximate surface area is 254 Å². The molecule has 0 bridgehead atoms. The number of anilines is 2. The summed E-state index contributed by atoms with van der Waals surface area (Å²) in [4.78, 5) is 33.3. The number of H-pyrrole nitrogens is 1. The zero-order chi connectivity index (χ0) is 28.9. The third-order valence-corrected chi connectivity index (χ3v) is 8.63. The Balaban J connectivity index is 1.03. The molecule has 0 aliphatic carbocycles. The van der Waals surface area contributed by atoms with Crippen LogP contribution in [0.5, 0.6) is 0 Å². The van der Waals surface area contributed by atoms with E-state index < -0.39 is 0 Å². The fourth-order valence-electron chi connectivity index (χ4n) is 5.17. The van der Waals surface area contributed by atoms with Gasteiger partial charge in [0.2, 0.25) is 5.91 Å². The van der Waals surface area contributed by atoms with Crippen LogP contribution in [-0.2, 0) is 11.3 Å². The van der Waals surface area contributed by atoms with E-state index in [4.69, 9.17) is 11.6 Å². The summed E-state index contributed by atoms with van der Waals surface area (Å²) in [6, 6.07) is 33.4. The van der Waals surface area contributed by atoms with Crippen LogP contribution < -0.4 is 14.8 Å². The molecule has 212 valence electrons. The Morgan fingerprint density at radius 2 is 1.52 bits per heavy atom. The van der Waals surface area contributed by atoms with Gasteiger partial charge in [0, 0.05) is 48.1 Å². The van der Waals surface area contributed by atoms with Gasteiger partial charge in [0.15, 0.2) is 11.0 Å². The van der Waals surface area contributed by atoms with Gasteiger partial charge in [-0.25, -0.2) is 9.55 Å². The van der Waals surface area contributed by atoms with Gasteiger partial charge in [-0.05, 0) is 78.0 Å². The van der Waals surface area contributed by atoms with E-state index >= 15 is 0 Å². The molecule has 1 aromatic heterocycles. The summed E-state index contributed by atoms with van der Waals surface area (Å²) in [6.45, 7) is 3.51. The van der Waals surface area contributed by atoms with Gasteiger partial charge in [-0.2, -0.15) is 0 Å². The summed E-state index contributed by atoms with van der Waals surface area (Å²) in [5, 5.41) is 4.59. The summed E-state index contributed by atoms with van der Waals surface area (Å²) < 4.78 is 2.22. The highest BCUT2D eigenvalue weighted by molar-refractivity contribution is 7.99. The van der Waals surface area contributed by atoms with Gasteiger partial charge in [0.1, 0.15) is 6.54 Å². The first-order valence-electron chi connectivity index (χ1n) is 13.9. The van der Waals surface area contributed by atoms with Crippen molar-refractivity contribution in [3.63, 3.8) is 0 Å². The number of hydrogen-bond donors (Lipinski definition) is 2. The number of nitrogens with zero attached hydrogens (tertiary/aromatic N) is 3. The summed E-state index contributed by atoms with van der Waals surface area (Å²) in [5.41, 5.74) is 5.84. The molecule has 4 aromatic carbocycles. The number of fused-ring (bicyclic) bond motifs is 1. The molecule has 0 atom stereocenters. The minimum absolute atomic E-state index is 0.0280. The Kier molecular flexibility index (Phi) is 8.44. The zero-order valence-electron chi connectivity index (χ0n) is 23.0. The van der Waals surface area contributed by atoms with Crippen LogP contribution in [0, 0.1) is 0 Å². The molecule has 0 spiro atoms. The van der Waals surface area contributed by atoms with Crippen molar-refractivity contribution >= 4 is 57.6 Å². The second-order valence-corrected chi connectivity index (χ2v) is 11.6. The van der Waals surface area contributed by atoms with E-state index in [0.717, 1.165) is 47.2 Å². The number of benzene rings is 4. The number of hydrogen-bond acceptors (Lipinski definition) is 4. The maximum atomic E-state index is 12.9. The third kappa shape index (κ3) is 6.45. The number of carbonyl (C=O) groups excluding carboxylic acids is 2. The highest BCUT2D eigenvalue weighted by Gasteiger charge is 2.23. The molecule has 0 saturated carbocycles. The second-order valence-electron chi connectivity index (χ2n) is 10.2. The number of imidazole rings is 1. The Hall–Kier alpha value is -4.27. The maximum absolute atomic E-state index is 12.9. The fraction of sp³-hybridized carbons (Fsp3) is 0.182. The highest BCUT2D eigenvalue weighted by atomic mass is 35.5. The number of piperazine rings is 1. The first-order chi connectivity index (χ1) is 20.5. The molecule has 1 saturated heterocycles. The molecule has 2 heterocycles. The van der Waals surface area contributed by atoms with E-state index in [0.29, 0.717) is 23.7 Å². The highest BCUT2D eigenvalue weighted by Crippen LogP contribution is 2.22. The largest absolute Gasteiger partial charge is 0.368 e. The van der Waals surface area contributed by atoms with Crippen LogP contribution >= 0.6 is 23.4 Å². The van der Waals surface area contributed by atoms with Crippen molar-refractivity contribution in [2.24, 2.45) is 0 Å². The maximum Gasteiger partial charge on any atom is 0.317 e. The van der Waals surface area contributed by atoms with Gasteiger partial charge in [-0.15, -0.1) is 0 Å². The predicted octanol–water partition coefficient (Wildman–Crippen LogP) is 5.85. The van der Waals surface area contributed by atoms with Crippen molar-refractivity contribution in [3.05, 3.63) is 119 Å². The Morgan fingerprint density at radius 3 is 2.26 bits per heavy atom. The number of para-hydroxylation sites is 2. The van der Waals surface area contributed by atoms with Crippen molar-refractivity contribution in [1.29, 1.82) is 0 Å². The van der Waals surface area contributed by atoms with Crippen LogP contribution in [-0.4, -0.2) is 53.6 Å². The van der Waals surface area contributed by atoms with Crippen LogP contribution in [0.1, 0.15) is 15.9 Å². The number of nitrogens with one attached hydrogen (secondary N) is 2. The van der Waals surface area contributed by atoms with Gasteiger partial charge in [0.05, 0.1) is 5.75 Å². The van der Waals surface area contributed by atoms with Crippen LogP contribution in [0.25, 0.3) is 11.0 Å². The number of thioether (sulfide) groups is 1. The monoisotopic (exact) mass is 596 g/mol. The first kappa shape index (κ1) is 27.9. The minimum Gasteiger partial charge on any atom is -0.368 e. The van der Waals surface area contributed by atoms with Crippen molar-refractivity contribution < 1.29 is 14.2 Å². The molecule has 1 aliphatic heterocycles. The lowest BCUT2D eigenvalue weighted by molar-refractivity contribution is -0.700. The summed E-state index contributed by atoms with van der Waals surface area (Å²) >= 11 is 7.45. The Morgan fingerprint density at radius 1 is 0.833 bits per heavy atom. The van der Waals surface area contributed by atoms with E-state index in [1.165, 1.54) is 17.3 Å². The molecular formula is C33H31ClN5O2S+. The van der Waals surface area contributed by atoms with E-state index in [2.05, 4.69) is 44.0 Å². The van der Waals surface area contributed by atoms with Crippen molar-refractivity contribution in [2.75, 3.05) is 42.1 Å². The van der Waals surface area contributed by atoms with Crippen molar-refractivity contribution in [1.82, 2.24) is 9.88 Å². The van der Waals surface area contributed by atoms with Crippen LogP contribution in [0.2, 0.25) is 5.02 Å². The smallest absolute Gasteiger partial charge is 0.317 e. The second kappa shape index (κ2) is 12.7. The lowest BCUT2D eigenvalue weighted by Crippen LogP contribution is -2.48. The molecule has 2 N–H and O–H groups in total. The Bertz CT molecular complexity index is 1680. The topological polar surface area (TPSA) is 72.3 Å². The van der Waals surface area contributed by atoms with Crippen LogP contribution in [0.15, 0.2) is 108 Å². The molecule has 42 heavy (non-hydrogen) atoms. The number of carbonyl (C=O) groups is 2. The van der Waals surface area contributed by atoms with E-state index in [1.807, 2.05) is 59.5 Å². The first-order valence-corrected chi connectivity index (χ1v) is 15.3. The van der Waals surface area contributed by atoms with Gasteiger partial charge >= 0.3 is 5.16 Å².